The van der Waals surface area contributed by atoms with Crippen molar-refractivity contribution < 1.29 is 4.79 Å². The summed E-state index contributed by atoms with van der Waals surface area (Å²) in [7, 11) is 0. The lowest BCUT2D eigenvalue weighted by atomic mass is 9.97. The quantitative estimate of drug-likeness (QED) is 0.843. The maximum Gasteiger partial charge on any atom is 0.164 e. The number of benzene rings is 1. The second-order valence-electron chi connectivity index (χ2n) is 4.11. The molecule has 1 saturated heterocycles. The van der Waals surface area contributed by atoms with E-state index in [1.54, 1.807) is 18.2 Å². The van der Waals surface area contributed by atoms with E-state index in [1.807, 2.05) is 0 Å². The Morgan fingerprint density at radius 1 is 1.44 bits per heavy atom. The average Bonchev–Trinajstić information content (AvgIpc) is 2.74. The van der Waals surface area contributed by atoms with E-state index in [9.17, 15) is 4.79 Å². The number of halogens is 2. The molecule has 86 valence electrons. The van der Waals surface area contributed by atoms with Gasteiger partial charge in [-0.2, -0.15) is 0 Å². The number of carbonyl (C=O) groups is 1. The van der Waals surface area contributed by atoms with Gasteiger partial charge in [-0.1, -0.05) is 23.2 Å². The van der Waals surface area contributed by atoms with Crippen LogP contribution in [0.25, 0.3) is 0 Å². The molecule has 0 bridgehead atoms. The van der Waals surface area contributed by atoms with Crippen molar-refractivity contribution in [2.24, 2.45) is 5.92 Å². The average molecular weight is 258 g/mol. The lowest BCUT2D eigenvalue weighted by Crippen LogP contribution is -2.13. The highest BCUT2D eigenvalue weighted by atomic mass is 35.5. The van der Waals surface area contributed by atoms with Gasteiger partial charge >= 0.3 is 0 Å². The van der Waals surface area contributed by atoms with Crippen LogP contribution in [0.5, 0.6) is 0 Å². The van der Waals surface area contributed by atoms with E-state index >= 15 is 0 Å². The minimum absolute atomic E-state index is 0.0844. The molecule has 0 amide bonds. The van der Waals surface area contributed by atoms with Crippen LogP contribution in [0.3, 0.4) is 0 Å². The van der Waals surface area contributed by atoms with E-state index in [-0.39, 0.29) is 5.78 Å². The zero-order chi connectivity index (χ0) is 11.5. The molecular weight excluding hydrogens is 245 g/mol. The van der Waals surface area contributed by atoms with Crippen molar-refractivity contribution in [1.29, 1.82) is 0 Å². The second-order valence-corrected chi connectivity index (χ2v) is 4.95. The van der Waals surface area contributed by atoms with Crippen molar-refractivity contribution in [3.8, 4) is 0 Å². The Morgan fingerprint density at radius 3 is 2.94 bits per heavy atom. The number of hydrogen-bond acceptors (Lipinski definition) is 2. The molecule has 1 unspecified atom stereocenters. The van der Waals surface area contributed by atoms with Crippen molar-refractivity contribution in [2.45, 2.75) is 12.8 Å². The van der Waals surface area contributed by atoms with Crippen molar-refractivity contribution in [3.05, 3.63) is 33.8 Å². The van der Waals surface area contributed by atoms with Crippen LogP contribution in [0.15, 0.2) is 18.2 Å². The van der Waals surface area contributed by atoms with Crippen LogP contribution in [-0.2, 0) is 0 Å². The Balaban J connectivity index is 2.10. The minimum atomic E-state index is 0.0844. The molecule has 1 fully saturated rings. The molecule has 1 aromatic carbocycles. The van der Waals surface area contributed by atoms with Gasteiger partial charge in [0.25, 0.3) is 0 Å². The third kappa shape index (κ3) is 2.76. The molecule has 1 aromatic rings. The maximum atomic E-state index is 12.0. The van der Waals surface area contributed by atoms with E-state index < -0.39 is 0 Å². The van der Waals surface area contributed by atoms with E-state index in [4.69, 9.17) is 23.2 Å². The van der Waals surface area contributed by atoms with E-state index in [1.165, 1.54) is 0 Å². The van der Waals surface area contributed by atoms with Crippen molar-refractivity contribution in [3.63, 3.8) is 0 Å². The number of hydrogen-bond donors (Lipinski definition) is 1. The fourth-order valence-electron chi connectivity index (χ4n) is 1.97. The van der Waals surface area contributed by atoms with Crippen LogP contribution in [0.2, 0.25) is 10.0 Å². The third-order valence-electron chi connectivity index (χ3n) is 2.87. The van der Waals surface area contributed by atoms with Gasteiger partial charge in [0, 0.05) is 17.0 Å². The van der Waals surface area contributed by atoms with Gasteiger partial charge in [0.1, 0.15) is 0 Å². The summed E-state index contributed by atoms with van der Waals surface area (Å²) >= 11 is 11.8. The van der Waals surface area contributed by atoms with Crippen molar-refractivity contribution in [1.82, 2.24) is 5.32 Å². The van der Waals surface area contributed by atoms with E-state index in [0.717, 1.165) is 19.5 Å². The van der Waals surface area contributed by atoms with Gasteiger partial charge in [0.2, 0.25) is 0 Å². The molecule has 1 N–H and O–H groups in total. The maximum absolute atomic E-state index is 12.0. The summed E-state index contributed by atoms with van der Waals surface area (Å²) in [5, 5.41) is 4.28. The lowest BCUT2D eigenvalue weighted by Gasteiger charge is -2.08. The molecule has 1 aliphatic rings. The Labute approximate surface area is 105 Å². The van der Waals surface area contributed by atoms with Crippen molar-refractivity contribution in [2.75, 3.05) is 13.1 Å². The molecule has 4 heteroatoms. The number of ketones is 1. The van der Waals surface area contributed by atoms with Crippen LogP contribution < -0.4 is 5.32 Å². The van der Waals surface area contributed by atoms with Gasteiger partial charge in [-0.25, -0.2) is 0 Å². The highest BCUT2D eigenvalue weighted by Crippen LogP contribution is 2.24. The first-order chi connectivity index (χ1) is 7.66. The summed E-state index contributed by atoms with van der Waals surface area (Å²) < 4.78 is 0. The zero-order valence-electron chi connectivity index (χ0n) is 8.80. The van der Waals surface area contributed by atoms with Crippen LogP contribution in [0.4, 0.5) is 0 Å². The summed E-state index contributed by atoms with van der Waals surface area (Å²) in [5.41, 5.74) is 0.543. The molecule has 0 aromatic heterocycles. The molecular formula is C12H13Cl2NO. The largest absolute Gasteiger partial charge is 0.316 e. The minimum Gasteiger partial charge on any atom is -0.316 e. The van der Waals surface area contributed by atoms with Gasteiger partial charge in [-0.3, -0.25) is 4.79 Å². The number of carbonyl (C=O) groups excluding carboxylic acids is 1. The normalized spacial score (nSPS) is 20.0. The van der Waals surface area contributed by atoms with Gasteiger partial charge in [0.05, 0.1) is 5.02 Å². The third-order valence-corrected chi connectivity index (χ3v) is 3.43. The molecule has 0 spiro atoms. The van der Waals surface area contributed by atoms with Gasteiger partial charge in [-0.15, -0.1) is 0 Å². The number of nitrogens with one attached hydrogen (secondary N) is 1. The Kier molecular flexibility index (Phi) is 3.85. The van der Waals surface area contributed by atoms with Gasteiger partial charge in [-0.05, 0) is 43.6 Å². The first-order valence-corrected chi connectivity index (χ1v) is 6.11. The summed E-state index contributed by atoms with van der Waals surface area (Å²) in [5.74, 6) is 0.517. The summed E-state index contributed by atoms with van der Waals surface area (Å²) in [6, 6.07) is 5.01. The number of rotatable bonds is 3. The summed E-state index contributed by atoms with van der Waals surface area (Å²) in [6.45, 7) is 1.92. The zero-order valence-corrected chi connectivity index (χ0v) is 10.3. The first kappa shape index (κ1) is 11.9. The predicted molar refractivity (Wildman–Crippen MR) is 66.4 cm³/mol. The van der Waals surface area contributed by atoms with Crippen LogP contribution >= 0.6 is 23.2 Å². The molecule has 0 radical (unpaired) electrons. The lowest BCUT2D eigenvalue weighted by molar-refractivity contribution is 0.0964. The Hall–Kier alpha value is -0.570. The summed E-state index contributed by atoms with van der Waals surface area (Å²) in [6.07, 6.45) is 1.61. The van der Waals surface area contributed by atoms with Gasteiger partial charge in [0.15, 0.2) is 5.78 Å². The molecule has 0 saturated carbocycles. The fraction of sp³-hybridized carbons (Fsp3) is 0.417. The molecule has 16 heavy (non-hydrogen) atoms. The van der Waals surface area contributed by atoms with Crippen LogP contribution in [0.1, 0.15) is 23.2 Å². The first-order valence-electron chi connectivity index (χ1n) is 5.36. The van der Waals surface area contributed by atoms with Crippen LogP contribution in [0, 0.1) is 5.92 Å². The fourth-order valence-corrected chi connectivity index (χ4v) is 2.37. The standard InChI is InChI=1S/C12H13Cl2NO/c13-9-1-2-11(14)10(6-9)12(16)5-8-3-4-15-7-8/h1-2,6,8,15H,3-5,7H2. The Morgan fingerprint density at radius 2 is 2.25 bits per heavy atom. The Bertz CT molecular complexity index is 400. The second kappa shape index (κ2) is 5.17. The van der Waals surface area contributed by atoms with E-state index in [2.05, 4.69) is 5.32 Å². The smallest absolute Gasteiger partial charge is 0.164 e. The molecule has 1 atom stereocenters. The highest BCUT2D eigenvalue weighted by molar-refractivity contribution is 6.35. The predicted octanol–water partition coefficient (Wildman–Crippen LogP) is 3.18. The monoisotopic (exact) mass is 257 g/mol. The molecule has 2 nitrogen and oxygen atoms in total. The van der Waals surface area contributed by atoms with Crippen LogP contribution in [-0.4, -0.2) is 18.9 Å². The SMILES string of the molecule is O=C(CC1CCNC1)c1cc(Cl)ccc1Cl. The van der Waals surface area contributed by atoms with Gasteiger partial charge < -0.3 is 5.32 Å². The molecule has 2 rings (SSSR count). The molecule has 1 heterocycles. The molecule has 1 aliphatic heterocycles. The highest BCUT2D eigenvalue weighted by Gasteiger charge is 2.20. The molecule has 0 aliphatic carbocycles. The van der Waals surface area contributed by atoms with Crippen molar-refractivity contribution >= 4 is 29.0 Å². The summed E-state index contributed by atoms with van der Waals surface area (Å²) in [4.78, 5) is 12.0. The topological polar surface area (TPSA) is 29.1 Å². The van der Waals surface area contributed by atoms with E-state index in [0.29, 0.717) is 27.9 Å². The number of Topliss-reactive ketones (excluding diaryl/α,β-unsaturated/α-hetero) is 1.